The molecule has 0 atom stereocenters. The van der Waals surface area contributed by atoms with Crippen LogP contribution in [0.15, 0.2) is 24.3 Å². The van der Waals surface area contributed by atoms with Crippen molar-refractivity contribution < 1.29 is 14.3 Å². The summed E-state index contributed by atoms with van der Waals surface area (Å²) in [5, 5.41) is 15.6. The van der Waals surface area contributed by atoms with E-state index in [9.17, 15) is 14.3 Å². The van der Waals surface area contributed by atoms with Gasteiger partial charge in [-0.1, -0.05) is 12.1 Å². The molecule has 0 radical (unpaired) electrons. The van der Waals surface area contributed by atoms with E-state index in [0.29, 0.717) is 19.5 Å². The van der Waals surface area contributed by atoms with E-state index in [1.165, 1.54) is 6.07 Å². The molecular formula is C17H23FN2O2. The summed E-state index contributed by atoms with van der Waals surface area (Å²) < 4.78 is 13.3. The van der Waals surface area contributed by atoms with Crippen molar-refractivity contribution >= 4 is 6.03 Å². The van der Waals surface area contributed by atoms with Crippen LogP contribution in [-0.4, -0.2) is 29.8 Å². The first-order valence-corrected chi connectivity index (χ1v) is 8.02. The van der Waals surface area contributed by atoms with E-state index in [4.69, 9.17) is 0 Å². The number of carbonyl (C=O) groups excluding carboxylic acids is 1. The monoisotopic (exact) mass is 306 g/mol. The van der Waals surface area contributed by atoms with Crippen LogP contribution < -0.4 is 10.6 Å². The summed E-state index contributed by atoms with van der Waals surface area (Å²) >= 11 is 0. The van der Waals surface area contributed by atoms with Gasteiger partial charge in [-0.15, -0.1) is 0 Å². The number of amides is 2. The van der Waals surface area contributed by atoms with Crippen LogP contribution in [0, 0.1) is 5.82 Å². The number of halogens is 1. The summed E-state index contributed by atoms with van der Waals surface area (Å²) in [4.78, 5) is 11.8. The van der Waals surface area contributed by atoms with E-state index >= 15 is 0 Å². The Kier molecular flexibility index (Phi) is 4.08. The summed E-state index contributed by atoms with van der Waals surface area (Å²) in [7, 11) is 0. The van der Waals surface area contributed by atoms with Crippen LogP contribution in [-0.2, 0) is 5.41 Å². The molecular weight excluding hydrogens is 283 g/mol. The van der Waals surface area contributed by atoms with Crippen LogP contribution in [0.4, 0.5) is 9.18 Å². The van der Waals surface area contributed by atoms with Crippen molar-refractivity contribution in [2.24, 2.45) is 0 Å². The van der Waals surface area contributed by atoms with Crippen molar-refractivity contribution in [3.63, 3.8) is 0 Å². The molecule has 0 spiro atoms. The van der Waals surface area contributed by atoms with Crippen molar-refractivity contribution in [1.82, 2.24) is 10.6 Å². The highest BCUT2D eigenvalue weighted by Gasteiger charge is 2.44. The Hall–Kier alpha value is -1.62. The number of rotatable bonds is 6. The van der Waals surface area contributed by atoms with Crippen molar-refractivity contribution in [2.45, 2.75) is 49.5 Å². The number of carbonyl (C=O) groups is 1. The maximum atomic E-state index is 13.3. The Balaban J connectivity index is 1.43. The molecule has 3 rings (SSSR count). The van der Waals surface area contributed by atoms with Gasteiger partial charge in [0.1, 0.15) is 5.82 Å². The second kappa shape index (κ2) is 5.88. The molecule has 3 N–H and O–H groups in total. The summed E-state index contributed by atoms with van der Waals surface area (Å²) in [5.41, 5.74) is 0.287. The molecule has 2 amide bonds. The Bertz CT molecular complexity index is 553. The predicted molar refractivity (Wildman–Crippen MR) is 82.1 cm³/mol. The third kappa shape index (κ3) is 3.40. The van der Waals surface area contributed by atoms with Crippen molar-refractivity contribution in [3.05, 3.63) is 35.6 Å². The van der Waals surface area contributed by atoms with Crippen molar-refractivity contribution in [3.8, 4) is 0 Å². The second-order valence-electron chi connectivity index (χ2n) is 6.73. The Morgan fingerprint density at radius 3 is 2.59 bits per heavy atom. The molecule has 2 fully saturated rings. The third-order valence-corrected chi connectivity index (χ3v) is 5.04. The molecule has 2 aliphatic carbocycles. The minimum absolute atomic E-state index is 0.106. The zero-order valence-electron chi connectivity index (χ0n) is 12.7. The van der Waals surface area contributed by atoms with Crippen LogP contribution in [0.25, 0.3) is 0 Å². The molecule has 0 aromatic heterocycles. The van der Waals surface area contributed by atoms with Gasteiger partial charge in [0.2, 0.25) is 0 Å². The van der Waals surface area contributed by atoms with Crippen LogP contribution in [0.5, 0.6) is 0 Å². The summed E-state index contributed by atoms with van der Waals surface area (Å²) in [6.07, 6.45) is 5.28. The highest BCUT2D eigenvalue weighted by Crippen LogP contribution is 2.47. The maximum absolute atomic E-state index is 13.3. The van der Waals surface area contributed by atoms with E-state index < -0.39 is 5.60 Å². The zero-order chi connectivity index (χ0) is 15.6. The van der Waals surface area contributed by atoms with Crippen LogP contribution in [0.1, 0.15) is 44.1 Å². The molecule has 2 aliphatic rings. The number of benzene rings is 1. The average molecular weight is 306 g/mol. The van der Waals surface area contributed by atoms with Gasteiger partial charge in [0, 0.05) is 18.5 Å². The molecule has 2 saturated carbocycles. The van der Waals surface area contributed by atoms with Gasteiger partial charge in [0.25, 0.3) is 0 Å². The van der Waals surface area contributed by atoms with Gasteiger partial charge in [-0.2, -0.15) is 0 Å². The lowest BCUT2D eigenvalue weighted by Crippen LogP contribution is -2.44. The number of nitrogens with one attached hydrogen (secondary N) is 2. The van der Waals surface area contributed by atoms with Gasteiger partial charge in [0.05, 0.1) is 5.60 Å². The molecule has 0 saturated heterocycles. The SMILES string of the molecule is O=C(NCCC1(O)CCC1)NCC1(c2cccc(F)c2)CC1. The smallest absolute Gasteiger partial charge is 0.314 e. The minimum atomic E-state index is -0.563. The van der Waals surface area contributed by atoms with Gasteiger partial charge in [0.15, 0.2) is 0 Å². The minimum Gasteiger partial charge on any atom is -0.390 e. The number of hydrogen-bond acceptors (Lipinski definition) is 2. The van der Waals surface area contributed by atoms with Crippen LogP contribution in [0.2, 0.25) is 0 Å². The fourth-order valence-corrected chi connectivity index (χ4v) is 3.09. The largest absolute Gasteiger partial charge is 0.390 e. The highest BCUT2D eigenvalue weighted by atomic mass is 19.1. The van der Waals surface area contributed by atoms with E-state index in [0.717, 1.165) is 37.7 Å². The Labute approximate surface area is 130 Å². The van der Waals surface area contributed by atoms with Crippen LogP contribution >= 0.6 is 0 Å². The first-order valence-electron chi connectivity index (χ1n) is 8.02. The quantitative estimate of drug-likeness (QED) is 0.756. The first-order chi connectivity index (χ1) is 10.5. The zero-order valence-corrected chi connectivity index (χ0v) is 12.7. The molecule has 1 aromatic rings. The standard InChI is InChI=1S/C17H23FN2O2/c18-14-4-1-3-13(11-14)16(7-8-16)12-20-15(21)19-10-9-17(22)5-2-6-17/h1,3-4,11,22H,2,5-10,12H2,(H2,19,20,21). The number of aliphatic hydroxyl groups is 1. The summed E-state index contributed by atoms with van der Waals surface area (Å²) in [6, 6.07) is 6.40. The van der Waals surface area contributed by atoms with E-state index in [2.05, 4.69) is 10.6 Å². The molecule has 120 valence electrons. The summed E-state index contributed by atoms with van der Waals surface area (Å²) in [5.74, 6) is -0.234. The van der Waals surface area contributed by atoms with Crippen molar-refractivity contribution in [1.29, 1.82) is 0 Å². The average Bonchev–Trinajstić information content (AvgIpc) is 3.25. The molecule has 4 nitrogen and oxygen atoms in total. The second-order valence-corrected chi connectivity index (χ2v) is 6.73. The lowest BCUT2D eigenvalue weighted by Gasteiger charge is -2.36. The van der Waals surface area contributed by atoms with Gasteiger partial charge in [-0.25, -0.2) is 9.18 Å². The molecule has 0 bridgehead atoms. The first kappa shape index (κ1) is 15.3. The predicted octanol–water partition coefficient (Wildman–Crippen LogP) is 2.46. The number of urea groups is 1. The van der Waals surface area contributed by atoms with E-state index in [-0.39, 0.29) is 17.3 Å². The lowest BCUT2D eigenvalue weighted by atomic mass is 9.78. The van der Waals surface area contributed by atoms with Gasteiger partial charge in [-0.3, -0.25) is 0 Å². The summed E-state index contributed by atoms with van der Waals surface area (Å²) in [6.45, 7) is 1.00. The normalized spacial score (nSPS) is 20.8. The molecule has 1 aromatic carbocycles. The third-order valence-electron chi connectivity index (χ3n) is 5.04. The molecule has 0 heterocycles. The topological polar surface area (TPSA) is 61.4 Å². The highest BCUT2D eigenvalue weighted by molar-refractivity contribution is 5.74. The molecule has 5 heteroatoms. The Morgan fingerprint density at radius 2 is 2.00 bits per heavy atom. The van der Waals surface area contributed by atoms with Crippen LogP contribution in [0.3, 0.4) is 0 Å². The fraction of sp³-hybridized carbons (Fsp3) is 0.588. The lowest BCUT2D eigenvalue weighted by molar-refractivity contribution is -0.0389. The molecule has 0 aliphatic heterocycles. The molecule has 0 unspecified atom stereocenters. The molecule has 22 heavy (non-hydrogen) atoms. The van der Waals surface area contributed by atoms with Crippen molar-refractivity contribution in [2.75, 3.05) is 13.1 Å². The van der Waals surface area contributed by atoms with Gasteiger partial charge in [-0.05, 0) is 56.2 Å². The fourth-order valence-electron chi connectivity index (χ4n) is 3.09. The van der Waals surface area contributed by atoms with Gasteiger partial charge >= 0.3 is 6.03 Å². The van der Waals surface area contributed by atoms with E-state index in [1.54, 1.807) is 12.1 Å². The Morgan fingerprint density at radius 1 is 1.23 bits per heavy atom. The van der Waals surface area contributed by atoms with E-state index in [1.807, 2.05) is 6.07 Å². The van der Waals surface area contributed by atoms with Gasteiger partial charge < -0.3 is 15.7 Å². The number of hydrogen-bond donors (Lipinski definition) is 3. The maximum Gasteiger partial charge on any atom is 0.314 e.